The molecule has 48 heavy (non-hydrogen) atoms. The van der Waals surface area contributed by atoms with Gasteiger partial charge in [-0.15, -0.1) is 0 Å². The van der Waals surface area contributed by atoms with Crippen molar-refractivity contribution in [3.8, 4) is 0 Å². The Bertz CT molecular complexity index is 1420. The number of nitrogens with two attached hydrogens (primary N) is 1. The van der Waals surface area contributed by atoms with Gasteiger partial charge >= 0.3 is 0 Å². The van der Waals surface area contributed by atoms with Crippen LogP contribution < -0.4 is 16.4 Å². The van der Waals surface area contributed by atoms with Crippen molar-refractivity contribution in [3.05, 3.63) is 89.5 Å². The Morgan fingerprint density at radius 1 is 0.750 bits per heavy atom. The zero-order chi connectivity index (χ0) is 33.6. The lowest BCUT2D eigenvalue weighted by atomic mass is 9.99. The van der Waals surface area contributed by atoms with Crippen molar-refractivity contribution >= 4 is 28.9 Å². The van der Waals surface area contributed by atoms with Crippen molar-refractivity contribution in [2.45, 2.75) is 102 Å². The van der Waals surface area contributed by atoms with Crippen LogP contribution >= 0.6 is 0 Å². The molecule has 9 nitrogen and oxygen atoms in total. The summed E-state index contributed by atoms with van der Waals surface area (Å²) >= 11 is 0. The Hall–Kier alpha value is -3.76. The van der Waals surface area contributed by atoms with E-state index in [1.807, 2.05) is 60.7 Å². The van der Waals surface area contributed by atoms with E-state index in [1.54, 1.807) is 12.1 Å². The molecule has 0 radical (unpaired) electrons. The fourth-order valence-electron chi connectivity index (χ4n) is 6.51. The third kappa shape index (κ3) is 11.2. The monoisotopic (exact) mass is 656 g/mol. The molecule has 2 heterocycles. The number of rotatable bonds is 14. The van der Waals surface area contributed by atoms with Crippen molar-refractivity contribution in [2.24, 2.45) is 0 Å². The van der Waals surface area contributed by atoms with E-state index in [1.165, 1.54) is 32.1 Å². The first-order valence-electron chi connectivity index (χ1n) is 17.7. The number of likely N-dealkylation sites (tertiary alicyclic amines) is 1. The molecule has 5 N–H and O–H groups in total. The van der Waals surface area contributed by atoms with E-state index in [2.05, 4.69) is 15.5 Å². The van der Waals surface area contributed by atoms with Crippen molar-refractivity contribution < 1.29 is 24.2 Å². The molecule has 2 fully saturated rings. The number of carbonyl (C=O) groups is 2. The number of hydrogen-bond acceptors (Lipinski definition) is 7. The Morgan fingerprint density at radius 2 is 1.38 bits per heavy atom. The average Bonchev–Trinajstić information content (AvgIpc) is 3.09. The Kier molecular flexibility index (Phi) is 13.8. The molecule has 0 aromatic heterocycles. The van der Waals surface area contributed by atoms with Gasteiger partial charge in [0, 0.05) is 37.1 Å². The van der Waals surface area contributed by atoms with Gasteiger partial charge in [-0.25, -0.2) is 0 Å². The van der Waals surface area contributed by atoms with Crippen LogP contribution in [0.15, 0.2) is 72.8 Å². The van der Waals surface area contributed by atoms with Gasteiger partial charge in [0.2, 0.25) is 11.8 Å². The molecular weight excluding hydrogens is 604 g/mol. The lowest BCUT2D eigenvalue weighted by molar-refractivity contribution is -0.253. The van der Waals surface area contributed by atoms with Gasteiger partial charge in [0.1, 0.15) is 0 Å². The molecule has 2 aliphatic heterocycles. The molecule has 3 aromatic rings. The number of para-hydroxylation sites is 2. The van der Waals surface area contributed by atoms with Gasteiger partial charge in [-0.05, 0) is 74.2 Å². The minimum Gasteiger partial charge on any atom is -0.397 e. The maximum Gasteiger partial charge on any atom is 0.224 e. The lowest BCUT2D eigenvalue weighted by Crippen LogP contribution is -2.40. The van der Waals surface area contributed by atoms with E-state index in [-0.39, 0.29) is 30.6 Å². The van der Waals surface area contributed by atoms with Crippen LogP contribution in [0.2, 0.25) is 0 Å². The molecule has 258 valence electrons. The molecule has 0 aliphatic carbocycles. The highest BCUT2D eigenvalue weighted by Gasteiger charge is 2.33. The van der Waals surface area contributed by atoms with Crippen molar-refractivity contribution in [1.29, 1.82) is 0 Å². The number of anilines is 3. The predicted octanol–water partition coefficient (Wildman–Crippen LogP) is 7.49. The Labute approximate surface area is 285 Å². The second-order valence-corrected chi connectivity index (χ2v) is 13.1. The number of nitrogens with zero attached hydrogens (tertiary/aromatic N) is 1. The number of unbranched alkanes of at least 4 members (excludes halogenated alkanes) is 3. The molecule has 3 atom stereocenters. The summed E-state index contributed by atoms with van der Waals surface area (Å²) in [4.78, 5) is 27.4. The topological polar surface area (TPSA) is 126 Å². The minimum absolute atomic E-state index is 0.0181. The first-order chi connectivity index (χ1) is 23.5. The molecule has 2 amide bonds. The summed E-state index contributed by atoms with van der Waals surface area (Å²) in [6.45, 7) is 3.12. The summed E-state index contributed by atoms with van der Waals surface area (Å²) in [5.41, 5.74) is 10.7. The molecule has 2 saturated heterocycles. The molecular formula is C39H52N4O5. The van der Waals surface area contributed by atoms with Crippen LogP contribution in [0.5, 0.6) is 0 Å². The molecule has 9 heteroatoms. The van der Waals surface area contributed by atoms with Gasteiger partial charge in [0.05, 0.1) is 30.2 Å². The summed E-state index contributed by atoms with van der Waals surface area (Å²) in [7, 11) is 0. The normalized spacial score (nSPS) is 20.4. The van der Waals surface area contributed by atoms with Crippen molar-refractivity contribution in [3.63, 3.8) is 0 Å². The standard InChI is InChI=1S/C39H52N4O5/c40-34-12-8-9-13-35(34)42-38(46)15-7-3-2-6-14-37(45)41-32-22-20-31(21-23-32)39-47-33(27-43-24-10-4-1-5-11-25-43)26-36(48-39)30-18-16-29(28-44)17-19-30/h8-9,12-13,16-23,33,36,39,44H,1-7,10-11,14-15,24-28,40H2,(H,41,45)(H,42,46)/t33-,36+,39+/m1/s1. The van der Waals surface area contributed by atoms with E-state index < -0.39 is 6.29 Å². The third-order valence-corrected chi connectivity index (χ3v) is 9.28. The first-order valence-corrected chi connectivity index (χ1v) is 17.7. The van der Waals surface area contributed by atoms with E-state index >= 15 is 0 Å². The van der Waals surface area contributed by atoms with Crippen molar-refractivity contribution in [2.75, 3.05) is 36.0 Å². The first kappa shape index (κ1) is 35.5. The number of amides is 2. The van der Waals surface area contributed by atoms with Crippen molar-refractivity contribution in [1.82, 2.24) is 4.90 Å². The molecule has 3 aromatic carbocycles. The maximum absolute atomic E-state index is 12.6. The van der Waals surface area contributed by atoms with Gasteiger partial charge in [0.15, 0.2) is 6.29 Å². The number of aliphatic hydroxyl groups is 1. The second kappa shape index (κ2) is 18.7. The SMILES string of the molecule is Nc1ccccc1NC(=O)CCCCCCC(=O)Nc1ccc([C@H]2O[C@@H](CN3CCCCCCC3)C[C@@H](c3ccc(CO)cc3)O2)cc1. The van der Waals surface area contributed by atoms with Crippen LogP contribution in [0.4, 0.5) is 17.1 Å². The molecule has 0 saturated carbocycles. The summed E-state index contributed by atoms with van der Waals surface area (Å²) < 4.78 is 13.1. The zero-order valence-corrected chi connectivity index (χ0v) is 28.1. The number of hydrogen-bond donors (Lipinski definition) is 4. The molecule has 5 rings (SSSR count). The fraction of sp³-hybridized carbons (Fsp3) is 0.487. The highest BCUT2D eigenvalue weighted by atomic mass is 16.7. The summed E-state index contributed by atoms with van der Waals surface area (Å²) in [5.74, 6) is -0.0708. The summed E-state index contributed by atoms with van der Waals surface area (Å²) in [6.07, 6.45) is 10.7. The Balaban J connectivity index is 1.08. The average molecular weight is 657 g/mol. The number of nitrogen functional groups attached to an aromatic ring is 1. The number of ether oxygens (including phenoxy) is 2. The van der Waals surface area contributed by atoms with E-state index in [9.17, 15) is 14.7 Å². The van der Waals surface area contributed by atoms with Gasteiger partial charge in [-0.3, -0.25) is 9.59 Å². The largest absolute Gasteiger partial charge is 0.397 e. The highest BCUT2D eigenvalue weighted by Crippen LogP contribution is 2.38. The lowest BCUT2D eigenvalue weighted by Gasteiger charge is -2.38. The minimum atomic E-state index is -0.516. The molecule has 0 unspecified atom stereocenters. The molecule has 0 spiro atoms. The van der Waals surface area contributed by atoms with Gasteiger partial charge in [0.25, 0.3) is 0 Å². The van der Waals surface area contributed by atoms with Crippen LogP contribution in [0.1, 0.15) is 106 Å². The summed E-state index contributed by atoms with van der Waals surface area (Å²) in [6, 6.07) is 23.0. The van der Waals surface area contributed by atoms with Gasteiger partial charge < -0.3 is 35.8 Å². The molecule has 0 bridgehead atoms. The quantitative estimate of drug-likeness (QED) is 0.105. The Morgan fingerprint density at radius 3 is 2.04 bits per heavy atom. The van der Waals surface area contributed by atoms with E-state index in [0.29, 0.717) is 24.2 Å². The maximum atomic E-state index is 12.6. The van der Waals surface area contributed by atoms with Gasteiger partial charge in [-0.2, -0.15) is 0 Å². The number of aliphatic hydroxyl groups excluding tert-OH is 1. The smallest absolute Gasteiger partial charge is 0.224 e. The number of benzene rings is 3. The zero-order valence-electron chi connectivity index (χ0n) is 28.1. The number of nitrogens with one attached hydrogen (secondary N) is 2. The van der Waals surface area contributed by atoms with Crippen LogP contribution in [0.3, 0.4) is 0 Å². The van der Waals surface area contributed by atoms with Crippen LogP contribution in [-0.2, 0) is 25.7 Å². The fourth-order valence-corrected chi connectivity index (χ4v) is 6.51. The van der Waals surface area contributed by atoms with Crippen LogP contribution in [0.25, 0.3) is 0 Å². The van der Waals surface area contributed by atoms with Gasteiger partial charge in [-0.1, -0.05) is 80.6 Å². The van der Waals surface area contributed by atoms with E-state index in [4.69, 9.17) is 15.2 Å². The van der Waals surface area contributed by atoms with Crippen LogP contribution in [-0.4, -0.2) is 47.6 Å². The summed E-state index contributed by atoms with van der Waals surface area (Å²) in [5, 5.41) is 15.4. The molecule has 2 aliphatic rings. The predicted molar refractivity (Wildman–Crippen MR) is 190 cm³/mol. The highest BCUT2D eigenvalue weighted by molar-refractivity contribution is 5.93. The second-order valence-electron chi connectivity index (χ2n) is 13.1. The van der Waals surface area contributed by atoms with Crippen LogP contribution in [0, 0.1) is 0 Å². The van der Waals surface area contributed by atoms with E-state index in [0.717, 1.165) is 74.1 Å². The number of carbonyl (C=O) groups excluding carboxylic acids is 2. The third-order valence-electron chi connectivity index (χ3n) is 9.28.